The van der Waals surface area contributed by atoms with Crippen molar-refractivity contribution in [3.05, 3.63) is 23.5 Å². The zero-order valence-corrected chi connectivity index (χ0v) is 11.9. The molecule has 0 spiro atoms. The number of halogens is 1. The van der Waals surface area contributed by atoms with Gasteiger partial charge in [-0.05, 0) is 18.6 Å². The fourth-order valence-corrected chi connectivity index (χ4v) is 2.66. The summed E-state index contributed by atoms with van der Waals surface area (Å²) in [5, 5.41) is 8.62. The lowest BCUT2D eigenvalue weighted by Crippen LogP contribution is -2.15. The van der Waals surface area contributed by atoms with Crippen LogP contribution in [0.25, 0.3) is 0 Å². The van der Waals surface area contributed by atoms with Gasteiger partial charge in [0.05, 0.1) is 7.11 Å². The summed E-state index contributed by atoms with van der Waals surface area (Å²) in [6, 6.07) is 1.07. The largest absolute Gasteiger partial charge is 0.495 e. The van der Waals surface area contributed by atoms with Gasteiger partial charge in [0.2, 0.25) is 0 Å². The SMILES string of the molecule is COc1c(C(N)CCC(=O)O)cc(F)cc1S(C)(=O)=O. The van der Waals surface area contributed by atoms with Crippen molar-refractivity contribution in [3.63, 3.8) is 0 Å². The molecule has 0 aliphatic carbocycles. The molecule has 0 saturated heterocycles. The number of benzene rings is 1. The first-order valence-corrected chi connectivity index (χ1v) is 7.60. The summed E-state index contributed by atoms with van der Waals surface area (Å²) in [4.78, 5) is 10.2. The number of methoxy groups -OCH3 is 1. The van der Waals surface area contributed by atoms with Crippen molar-refractivity contribution >= 4 is 15.8 Å². The van der Waals surface area contributed by atoms with Crippen LogP contribution in [0.2, 0.25) is 0 Å². The van der Waals surface area contributed by atoms with Crippen LogP contribution in [0.1, 0.15) is 24.4 Å². The molecular formula is C12H16FNO5S. The van der Waals surface area contributed by atoms with E-state index in [4.69, 9.17) is 15.6 Å². The predicted molar refractivity (Wildman–Crippen MR) is 69.9 cm³/mol. The highest BCUT2D eigenvalue weighted by Gasteiger charge is 2.23. The number of carboxylic acid groups (broad SMARTS) is 1. The second-order valence-corrected chi connectivity index (χ2v) is 6.32. The van der Waals surface area contributed by atoms with Gasteiger partial charge in [0.1, 0.15) is 16.5 Å². The minimum atomic E-state index is -3.69. The zero-order chi connectivity index (χ0) is 15.5. The van der Waals surface area contributed by atoms with Crippen molar-refractivity contribution in [1.29, 1.82) is 0 Å². The molecule has 1 aromatic carbocycles. The molecule has 1 aromatic rings. The Balaban J connectivity index is 3.32. The first kappa shape index (κ1) is 16.4. The van der Waals surface area contributed by atoms with E-state index < -0.39 is 27.7 Å². The van der Waals surface area contributed by atoms with Crippen molar-refractivity contribution in [3.8, 4) is 5.75 Å². The Hall–Kier alpha value is -1.67. The van der Waals surface area contributed by atoms with E-state index in [0.717, 1.165) is 18.4 Å². The number of nitrogens with two attached hydrogens (primary N) is 1. The van der Waals surface area contributed by atoms with Gasteiger partial charge in [-0.25, -0.2) is 12.8 Å². The smallest absolute Gasteiger partial charge is 0.303 e. The Morgan fingerprint density at radius 3 is 2.55 bits per heavy atom. The Morgan fingerprint density at radius 1 is 1.50 bits per heavy atom. The highest BCUT2D eigenvalue weighted by atomic mass is 32.2. The summed E-state index contributed by atoms with van der Waals surface area (Å²) in [5.41, 5.74) is 5.93. The van der Waals surface area contributed by atoms with Gasteiger partial charge in [-0.1, -0.05) is 0 Å². The van der Waals surface area contributed by atoms with Gasteiger partial charge in [0, 0.05) is 24.3 Å². The molecule has 1 atom stereocenters. The summed E-state index contributed by atoms with van der Waals surface area (Å²) in [6.07, 6.45) is 0.754. The van der Waals surface area contributed by atoms with Crippen molar-refractivity contribution in [2.75, 3.05) is 13.4 Å². The number of carboxylic acids is 1. The summed E-state index contributed by atoms with van der Waals surface area (Å²) in [5.74, 6) is -1.86. The predicted octanol–water partition coefficient (Wildman–Crippen LogP) is 1.10. The number of hydrogen-bond donors (Lipinski definition) is 2. The van der Waals surface area contributed by atoms with E-state index in [1.807, 2.05) is 0 Å². The maximum atomic E-state index is 13.5. The molecule has 1 unspecified atom stereocenters. The molecule has 0 bridgehead atoms. The van der Waals surface area contributed by atoms with Crippen molar-refractivity contribution in [1.82, 2.24) is 0 Å². The first-order valence-electron chi connectivity index (χ1n) is 5.71. The van der Waals surface area contributed by atoms with Crippen LogP contribution in [-0.2, 0) is 14.6 Å². The van der Waals surface area contributed by atoms with Crippen molar-refractivity contribution < 1.29 is 27.4 Å². The highest BCUT2D eigenvalue weighted by molar-refractivity contribution is 7.90. The molecule has 0 radical (unpaired) electrons. The third-order valence-corrected chi connectivity index (χ3v) is 3.82. The van der Waals surface area contributed by atoms with Crippen LogP contribution in [-0.4, -0.2) is 32.9 Å². The standard InChI is InChI=1S/C12H16FNO5S/c1-19-12-8(9(14)3-4-11(15)16)5-7(13)6-10(12)20(2,17)18/h5-6,9H,3-4,14H2,1-2H3,(H,15,16). The quantitative estimate of drug-likeness (QED) is 0.815. The van der Waals surface area contributed by atoms with Gasteiger partial charge in [0.25, 0.3) is 0 Å². The van der Waals surface area contributed by atoms with Gasteiger partial charge in [-0.2, -0.15) is 0 Å². The average Bonchev–Trinajstić information content (AvgIpc) is 2.33. The number of carbonyl (C=O) groups is 1. The molecule has 0 aromatic heterocycles. The second-order valence-electron chi connectivity index (χ2n) is 4.34. The number of ether oxygens (including phenoxy) is 1. The number of rotatable bonds is 6. The molecule has 0 aliphatic rings. The minimum Gasteiger partial charge on any atom is -0.495 e. The van der Waals surface area contributed by atoms with Crippen LogP contribution >= 0.6 is 0 Å². The van der Waals surface area contributed by atoms with Gasteiger partial charge in [-0.3, -0.25) is 4.79 Å². The van der Waals surface area contributed by atoms with Gasteiger partial charge >= 0.3 is 5.97 Å². The van der Waals surface area contributed by atoms with E-state index in [1.165, 1.54) is 7.11 Å². The molecule has 0 saturated carbocycles. The van der Waals surface area contributed by atoms with Crippen LogP contribution in [0.4, 0.5) is 4.39 Å². The Labute approximate surface area is 116 Å². The Kier molecular flexibility index (Phi) is 5.07. The molecule has 8 heteroatoms. The van der Waals surface area contributed by atoms with Crippen LogP contribution < -0.4 is 10.5 Å². The highest BCUT2D eigenvalue weighted by Crippen LogP contribution is 2.34. The molecular weight excluding hydrogens is 289 g/mol. The minimum absolute atomic E-state index is 0.0400. The molecule has 20 heavy (non-hydrogen) atoms. The van der Waals surface area contributed by atoms with Crippen molar-refractivity contribution in [2.24, 2.45) is 5.73 Å². The van der Waals surface area contributed by atoms with Gasteiger partial charge < -0.3 is 15.6 Å². The number of sulfone groups is 1. The van der Waals surface area contributed by atoms with Crippen LogP contribution in [0.3, 0.4) is 0 Å². The van der Waals surface area contributed by atoms with Gasteiger partial charge in [0.15, 0.2) is 9.84 Å². The lowest BCUT2D eigenvalue weighted by molar-refractivity contribution is -0.137. The maximum absolute atomic E-state index is 13.5. The van der Waals surface area contributed by atoms with Crippen molar-refractivity contribution in [2.45, 2.75) is 23.8 Å². The topological polar surface area (TPSA) is 107 Å². The Morgan fingerprint density at radius 2 is 2.10 bits per heavy atom. The maximum Gasteiger partial charge on any atom is 0.303 e. The molecule has 0 aliphatic heterocycles. The number of aliphatic carboxylic acids is 1. The van der Waals surface area contributed by atoms with E-state index in [-0.39, 0.29) is 29.1 Å². The summed E-state index contributed by atoms with van der Waals surface area (Å²) in [7, 11) is -2.45. The lowest BCUT2D eigenvalue weighted by atomic mass is 10.0. The number of hydrogen-bond acceptors (Lipinski definition) is 5. The normalized spacial score (nSPS) is 13.0. The third-order valence-electron chi connectivity index (χ3n) is 2.72. The van der Waals surface area contributed by atoms with E-state index in [2.05, 4.69) is 0 Å². The lowest BCUT2D eigenvalue weighted by Gasteiger charge is -2.17. The van der Waals surface area contributed by atoms with E-state index in [0.29, 0.717) is 0 Å². The molecule has 112 valence electrons. The molecule has 3 N–H and O–H groups in total. The summed E-state index contributed by atoms with van der Waals surface area (Å²) in [6.45, 7) is 0. The van der Waals surface area contributed by atoms with Crippen LogP contribution in [0.15, 0.2) is 17.0 Å². The monoisotopic (exact) mass is 305 g/mol. The Bertz CT molecular complexity index is 615. The molecule has 0 amide bonds. The molecule has 0 heterocycles. The first-order chi connectivity index (χ1) is 9.16. The molecule has 0 fully saturated rings. The van der Waals surface area contributed by atoms with E-state index >= 15 is 0 Å². The third kappa shape index (κ3) is 3.91. The molecule has 6 nitrogen and oxygen atoms in total. The van der Waals surface area contributed by atoms with Crippen LogP contribution in [0, 0.1) is 5.82 Å². The van der Waals surface area contributed by atoms with Crippen LogP contribution in [0.5, 0.6) is 5.75 Å². The zero-order valence-electron chi connectivity index (χ0n) is 11.1. The van der Waals surface area contributed by atoms with E-state index in [1.54, 1.807) is 0 Å². The fraction of sp³-hybridized carbons (Fsp3) is 0.417. The summed E-state index contributed by atoms with van der Waals surface area (Å²) >= 11 is 0. The fourth-order valence-electron chi connectivity index (χ4n) is 1.79. The average molecular weight is 305 g/mol. The second kappa shape index (κ2) is 6.19. The summed E-state index contributed by atoms with van der Waals surface area (Å²) < 4.78 is 41.8. The van der Waals surface area contributed by atoms with E-state index in [9.17, 15) is 17.6 Å². The molecule has 1 rings (SSSR count). The van der Waals surface area contributed by atoms with Gasteiger partial charge in [-0.15, -0.1) is 0 Å².